The Kier molecular flexibility index (Phi) is 5.57. The van der Waals surface area contributed by atoms with Crippen molar-refractivity contribution in [3.05, 3.63) is 17.0 Å². The Balaban J connectivity index is 2.34. The normalized spacial score (nSPS) is 10.7. The van der Waals surface area contributed by atoms with Gasteiger partial charge < -0.3 is 10.2 Å². The van der Waals surface area contributed by atoms with Crippen molar-refractivity contribution in [1.82, 2.24) is 14.9 Å². The molecule has 1 aromatic heterocycles. The fourth-order valence-corrected chi connectivity index (χ4v) is 1.68. The standard InChI is InChI=1S/C10H17BrN4/c1-3-15(4-2)6-5-13-10-9(11)7-12-8-14-10/h7-8H,3-6H2,1-2H3,(H,12,13,14). The van der Waals surface area contributed by atoms with E-state index in [0.717, 1.165) is 36.5 Å². The fraction of sp³-hybridized carbons (Fsp3) is 0.600. The molecule has 0 aliphatic heterocycles. The number of aromatic nitrogens is 2. The molecule has 0 aliphatic carbocycles. The van der Waals surface area contributed by atoms with Crippen LogP contribution in [0, 0.1) is 0 Å². The number of anilines is 1. The first-order valence-corrected chi connectivity index (χ1v) is 5.99. The lowest BCUT2D eigenvalue weighted by atomic mass is 10.4. The van der Waals surface area contributed by atoms with Crippen molar-refractivity contribution >= 4 is 21.7 Å². The zero-order chi connectivity index (χ0) is 11.1. The van der Waals surface area contributed by atoms with Crippen LogP contribution in [0.2, 0.25) is 0 Å². The Hall–Kier alpha value is -0.680. The largest absolute Gasteiger partial charge is 0.368 e. The van der Waals surface area contributed by atoms with Gasteiger partial charge >= 0.3 is 0 Å². The molecule has 0 fully saturated rings. The molecule has 0 unspecified atom stereocenters. The molecule has 1 rings (SSSR count). The third-order valence-corrected chi connectivity index (χ3v) is 2.86. The summed E-state index contributed by atoms with van der Waals surface area (Å²) in [5.41, 5.74) is 0. The van der Waals surface area contributed by atoms with Gasteiger partial charge in [0.2, 0.25) is 0 Å². The quantitative estimate of drug-likeness (QED) is 0.860. The van der Waals surface area contributed by atoms with Gasteiger partial charge in [0.1, 0.15) is 12.1 Å². The molecule has 15 heavy (non-hydrogen) atoms. The van der Waals surface area contributed by atoms with Crippen molar-refractivity contribution in [3.63, 3.8) is 0 Å². The topological polar surface area (TPSA) is 41.0 Å². The van der Waals surface area contributed by atoms with Crippen LogP contribution in [-0.4, -0.2) is 41.0 Å². The summed E-state index contributed by atoms with van der Waals surface area (Å²) in [5.74, 6) is 0.858. The molecule has 5 heteroatoms. The van der Waals surface area contributed by atoms with Crippen LogP contribution >= 0.6 is 15.9 Å². The van der Waals surface area contributed by atoms with E-state index in [-0.39, 0.29) is 0 Å². The van der Waals surface area contributed by atoms with Gasteiger partial charge in [0.25, 0.3) is 0 Å². The summed E-state index contributed by atoms with van der Waals surface area (Å²) in [6.07, 6.45) is 3.29. The van der Waals surface area contributed by atoms with E-state index in [0.29, 0.717) is 0 Å². The van der Waals surface area contributed by atoms with Crippen molar-refractivity contribution in [3.8, 4) is 0 Å². The van der Waals surface area contributed by atoms with E-state index in [1.807, 2.05) is 0 Å². The maximum absolute atomic E-state index is 4.14. The molecular weight excluding hydrogens is 256 g/mol. The Morgan fingerprint density at radius 2 is 2.13 bits per heavy atom. The maximum Gasteiger partial charge on any atom is 0.143 e. The third kappa shape index (κ3) is 4.13. The lowest BCUT2D eigenvalue weighted by Gasteiger charge is -2.18. The number of halogens is 1. The molecule has 84 valence electrons. The molecule has 1 heterocycles. The van der Waals surface area contributed by atoms with E-state index in [1.54, 1.807) is 12.5 Å². The Labute approximate surface area is 99.2 Å². The summed E-state index contributed by atoms with van der Waals surface area (Å²) in [7, 11) is 0. The minimum Gasteiger partial charge on any atom is -0.368 e. The van der Waals surface area contributed by atoms with Crippen molar-refractivity contribution in [2.45, 2.75) is 13.8 Å². The van der Waals surface area contributed by atoms with Crippen molar-refractivity contribution in [2.75, 3.05) is 31.5 Å². The van der Waals surface area contributed by atoms with E-state index in [2.05, 4.69) is 50.0 Å². The molecular formula is C10H17BrN4. The lowest BCUT2D eigenvalue weighted by Crippen LogP contribution is -2.28. The van der Waals surface area contributed by atoms with Crippen molar-refractivity contribution < 1.29 is 0 Å². The highest BCUT2D eigenvalue weighted by Crippen LogP contribution is 2.16. The van der Waals surface area contributed by atoms with E-state index < -0.39 is 0 Å². The zero-order valence-corrected chi connectivity index (χ0v) is 10.8. The average Bonchev–Trinajstić information content (AvgIpc) is 2.27. The first-order chi connectivity index (χ1) is 7.27. The zero-order valence-electron chi connectivity index (χ0n) is 9.20. The van der Waals surface area contributed by atoms with Gasteiger partial charge in [-0.1, -0.05) is 13.8 Å². The van der Waals surface area contributed by atoms with Gasteiger partial charge in [-0.25, -0.2) is 9.97 Å². The van der Waals surface area contributed by atoms with E-state index in [4.69, 9.17) is 0 Å². The molecule has 0 spiro atoms. The summed E-state index contributed by atoms with van der Waals surface area (Å²) < 4.78 is 0.907. The molecule has 0 bridgehead atoms. The number of likely N-dealkylation sites (N-methyl/N-ethyl adjacent to an activating group) is 1. The van der Waals surface area contributed by atoms with Gasteiger partial charge in [-0.15, -0.1) is 0 Å². The van der Waals surface area contributed by atoms with Gasteiger partial charge in [-0.2, -0.15) is 0 Å². The molecule has 0 saturated carbocycles. The van der Waals surface area contributed by atoms with Crippen molar-refractivity contribution in [1.29, 1.82) is 0 Å². The molecule has 0 saturated heterocycles. The number of nitrogens with zero attached hydrogens (tertiary/aromatic N) is 3. The van der Waals surface area contributed by atoms with Crippen LogP contribution in [0.5, 0.6) is 0 Å². The van der Waals surface area contributed by atoms with Crippen molar-refractivity contribution in [2.24, 2.45) is 0 Å². The highest BCUT2D eigenvalue weighted by atomic mass is 79.9. The summed E-state index contributed by atoms with van der Waals surface area (Å²) in [4.78, 5) is 10.4. The lowest BCUT2D eigenvalue weighted by molar-refractivity contribution is 0.316. The van der Waals surface area contributed by atoms with E-state index in [9.17, 15) is 0 Å². The van der Waals surface area contributed by atoms with Gasteiger partial charge in [-0.05, 0) is 29.0 Å². The van der Waals surface area contributed by atoms with Gasteiger partial charge in [0, 0.05) is 19.3 Å². The predicted molar refractivity (Wildman–Crippen MR) is 66.0 cm³/mol. The third-order valence-electron chi connectivity index (χ3n) is 2.28. The van der Waals surface area contributed by atoms with Gasteiger partial charge in [-0.3, -0.25) is 0 Å². The minimum absolute atomic E-state index is 0.858. The number of rotatable bonds is 6. The summed E-state index contributed by atoms with van der Waals surface area (Å²) in [6, 6.07) is 0. The Bertz CT molecular complexity index is 289. The average molecular weight is 273 g/mol. The maximum atomic E-state index is 4.14. The first-order valence-electron chi connectivity index (χ1n) is 5.19. The van der Waals surface area contributed by atoms with Crippen LogP contribution in [0.25, 0.3) is 0 Å². The highest BCUT2D eigenvalue weighted by molar-refractivity contribution is 9.10. The fourth-order valence-electron chi connectivity index (χ4n) is 1.31. The second-order valence-corrected chi connectivity index (χ2v) is 4.03. The highest BCUT2D eigenvalue weighted by Gasteiger charge is 2.01. The van der Waals surface area contributed by atoms with Crippen LogP contribution in [-0.2, 0) is 0 Å². The van der Waals surface area contributed by atoms with Gasteiger partial charge in [0.05, 0.1) is 4.47 Å². The number of hydrogen-bond acceptors (Lipinski definition) is 4. The molecule has 0 atom stereocenters. The summed E-state index contributed by atoms with van der Waals surface area (Å²) in [6.45, 7) is 8.45. The smallest absolute Gasteiger partial charge is 0.143 e. The van der Waals surface area contributed by atoms with Gasteiger partial charge in [0.15, 0.2) is 0 Å². The minimum atomic E-state index is 0.858. The monoisotopic (exact) mass is 272 g/mol. The van der Waals surface area contributed by atoms with Crippen LogP contribution < -0.4 is 5.32 Å². The second-order valence-electron chi connectivity index (χ2n) is 3.17. The first kappa shape index (κ1) is 12.4. The molecule has 0 aliphatic rings. The van der Waals surface area contributed by atoms with E-state index in [1.165, 1.54) is 0 Å². The van der Waals surface area contributed by atoms with Crippen LogP contribution in [0.1, 0.15) is 13.8 Å². The van der Waals surface area contributed by atoms with Crippen LogP contribution in [0.3, 0.4) is 0 Å². The molecule has 1 N–H and O–H groups in total. The molecule has 0 aromatic carbocycles. The SMILES string of the molecule is CCN(CC)CCNc1ncncc1Br. The predicted octanol–water partition coefficient (Wildman–Crippen LogP) is 1.99. The Morgan fingerprint density at radius 1 is 1.40 bits per heavy atom. The number of nitrogens with one attached hydrogen (secondary N) is 1. The van der Waals surface area contributed by atoms with Crippen LogP contribution in [0.15, 0.2) is 17.0 Å². The number of hydrogen-bond donors (Lipinski definition) is 1. The molecule has 0 radical (unpaired) electrons. The van der Waals surface area contributed by atoms with Crippen LogP contribution in [0.4, 0.5) is 5.82 Å². The second kappa shape index (κ2) is 6.74. The summed E-state index contributed by atoms with van der Waals surface area (Å²) in [5, 5.41) is 3.27. The molecule has 0 amide bonds. The Morgan fingerprint density at radius 3 is 2.73 bits per heavy atom. The molecule has 4 nitrogen and oxygen atoms in total. The summed E-state index contributed by atoms with van der Waals surface area (Å²) >= 11 is 3.40. The molecule has 1 aromatic rings. The van der Waals surface area contributed by atoms with E-state index >= 15 is 0 Å².